The van der Waals surface area contributed by atoms with E-state index in [0.717, 1.165) is 44.1 Å². The van der Waals surface area contributed by atoms with Gasteiger partial charge in [-0.1, -0.05) is 73.3 Å². The number of rotatable bonds is 9. The highest BCUT2D eigenvalue weighted by Crippen LogP contribution is 2.68. The molecule has 0 aromatic carbocycles. The van der Waals surface area contributed by atoms with Crippen LogP contribution in [0.2, 0.25) is 0 Å². The lowest BCUT2D eigenvalue weighted by atomic mass is 9.47. The monoisotopic (exact) mass is 574 g/mol. The molecule has 41 heavy (non-hydrogen) atoms. The second-order valence-corrected chi connectivity index (χ2v) is 14.1. The fourth-order valence-electron chi connectivity index (χ4n) is 8.94. The Bertz CT molecular complexity index is 1040. The Kier molecular flexibility index (Phi) is 9.38. The minimum atomic E-state index is -0.990. The Labute approximate surface area is 247 Å². The molecule has 1 saturated carbocycles. The maximum Gasteiger partial charge on any atom is 0.342 e. The van der Waals surface area contributed by atoms with Gasteiger partial charge in [0.2, 0.25) is 0 Å². The molecule has 11 atom stereocenters. The smallest absolute Gasteiger partial charge is 0.342 e. The summed E-state index contributed by atoms with van der Waals surface area (Å²) in [5.74, 6) is -0.441. The van der Waals surface area contributed by atoms with Gasteiger partial charge in [-0.05, 0) is 74.2 Å². The van der Waals surface area contributed by atoms with E-state index in [-0.39, 0.29) is 65.1 Å². The normalized spacial score (nSPS) is 44.8. The Morgan fingerprint density at radius 3 is 2.22 bits per heavy atom. The van der Waals surface area contributed by atoms with Crippen LogP contribution in [0.25, 0.3) is 0 Å². The van der Waals surface area contributed by atoms with Crippen LogP contribution >= 0.6 is 0 Å². The average Bonchev–Trinajstić information content (AvgIpc) is 3.50. The van der Waals surface area contributed by atoms with E-state index in [1.54, 1.807) is 0 Å². The van der Waals surface area contributed by atoms with Gasteiger partial charge in [0.1, 0.15) is 12.2 Å². The molecule has 7 heteroatoms. The van der Waals surface area contributed by atoms with E-state index in [4.69, 9.17) is 18.9 Å². The number of fused-ring (bicyclic) bond motifs is 1. The third-order valence-corrected chi connectivity index (χ3v) is 11.6. The summed E-state index contributed by atoms with van der Waals surface area (Å²) in [6.45, 7) is 19.2. The van der Waals surface area contributed by atoms with Crippen molar-refractivity contribution in [2.24, 2.45) is 35.0 Å². The van der Waals surface area contributed by atoms with Crippen LogP contribution in [0.1, 0.15) is 120 Å². The lowest BCUT2D eigenvalue weighted by molar-refractivity contribution is -0.188. The number of hydrogen-bond donors (Lipinski definition) is 0. The van der Waals surface area contributed by atoms with Crippen LogP contribution in [0.4, 0.5) is 0 Å². The van der Waals surface area contributed by atoms with Gasteiger partial charge in [-0.15, -0.1) is 0 Å². The number of unbranched alkanes of at least 4 members (excludes halogenated alkanes) is 3. The predicted octanol–water partition coefficient (Wildman–Crippen LogP) is 6.95. The van der Waals surface area contributed by atoms with E-state index in [0.29, 0.717) is 19.3 Å². The summed E-state index contributed by atoms with van der Waals surface area (Å²) in [5.41, 5.74) is -1.02. The third kappa shape index (κ3) is 5.38. The standard InChI is InChI=1S/C34H54O7/c1-10-12-13-14-16-29(36)38-25-19-21(4)32(8)23(6)26(39-28(35)15-11-2)17-20(3)18-27-34(24(7)30(32)22(25)5)33(9,41-34)31(37)40-27/h18,21-27,30H,10-17,19H2,1-9H3/b20-18-/t21-,22-,23-,24-,25-,26-,27-,30+,32+,33-,34+/m0/s1. The van der Waals surface area contributed by atoms with Crippen LogP contribution in [-0.2, 0) is 33.3 Å². The fraction of sp³-hybridized carbons (Fsp3) is 0.853. The summed E-state index contributed by atoms with van der Waals surface area (Å²) >= 11 is 0. The lowest BCUT2D eigenvalue weighted by Crippen LogP contribution is -2.59. The van der Waals surface area contributed by atoms with E-state index in [2.05, 4.69) is 41.5 Å². The minimum Gasteiger partial charge on any atom is -0.462 e. The fourth-order valence-corrected chi connectivity index (χ4v) is 8.94. The van der Waals surface area contributed by atoms with Gasteiger partial charge in [0, 0.05) is 19.3 Å². The van der Waals surface area contributed by atoms with Crippen molar-refractivity contribution in [3.63, 3.8) is 0 Å². The molecule has 2 aliphatic heterocycles. The van der Waals surface area contributed by atoms with E-state index < -0.39 is 17.3 Å². The first-order chi connectivity index (χ1) is 19.3. The quantitative estimate of drug-likeness (QED) is 0.0967. The highest BCUT2D eigenvalue weighted by Gasteiger charge is 2.84. The second kappa shape index (κ2) is 12.0. The summed E-state index contributed by atoms with van der Waals surface area (Å²) < 4.78 is 24.9. The molecule has 0 amide bonds. The average molecular weight is 575 g/mol. The Morgan fingerprint density at radius 1 is 0.927 bits per heavy atom. The molecular formula is C34H54O7. The topological polar surface area (TPSA) is 91.4 Å². The lowest BCUT2D eigenvalue weighted by Gasteiger charge is -2.59. The largest absolute Gasteiger partial charge is 0.462 e. The Morgan fingerprint density at radius 2 is 1.59 bits per heavy atom. The number of ether oxygens (including phenoxy) is 4. The van der Waals surface area contributed by atoms with Gasteiger partial charge in [0.25, 0.3) is 0 Å². The van der Waals surface area contributed by atoms with Gasteiger partial charge in [-0.3, -0.25) is 9.59 Å². The highest BCUT2D eigenvalue weighted by molar-refractivity contribution is 5.88. The summed E-state index contributed by atoms with van der Waals surface area (Å²) in [5, 5.41) is 0. The van der Waals surface area contributed by atoms with Crippen LogP contribution in [-0.4, -0.2) is 47.4 Å². The van der Waals surface area contributed by atoms with Crippen molar-refractivity contribution in [2.75, 3.05) is 0 Å². The first-order valence-corrected chi connectivity index (χ1v) is 16.2. The molecule has 0 N–H and O–H groups in total. The van der Waals surface area contributed by atoms with E-state index >= 15 is 0 Å². The van der Waals surface area contributed by atoms with Gasteiger partial charge in [0.05, 0.1) is 0 Å². The van der Waals surface area contributed by atoms with E-state index in [1.165, 1.54) is 0 Å². The molecule has 7 nitrogen and oxygen atoms in total. The maximum absolute atomic E-state index is 13.1. The summed E-state index contributed by atoms with van der Waals surface area (Å²) in [7, 11) is 0. The molecule has 4 aliphatic rings. The molecular weight excluding hydrogens is 520 g/mol. The highest BCUT2D eigenvalue weighted by atomic mass is 16.7. The molecule has 0 aromatic heterocycles. The molecule has 1 spiro atoms. The number of carbonyl (C=O) groups excluding carboxylic acids is 3. The van der Waals surface area contributed by atoms with Gasteiger partial charge < -0.3 is 18.9 Å². The SMILES string of the molecule is CCCCCCC(=O)O[C@H]1C[C@H](C)[C@@]2(C)[C@H]([C@H]1C)[C@H](C)[C@]13O[C@@]1(C)C(=O)O[C@H]3/C=C(/C)C[C@H](OC(=O)CCC)[C@@H]2C. The zero-order valence-electron chi connectivity index (χ0n) is 26.9. The molecule has 0 aromatic rings. The number of carbonyl (C=O) groups is 3. The summed E-state index contributed by atoms with van der Waals surface area (Å²) in [6.07, 6.45) is 8.01. The Hall–Kier alpha value is -1.89. The molecule has 2 heterocycles. The zero-order valence-corrected chi connectivity index (χ0v) is 26.9. The number of esters is 3. The zero-order chi connectivity index (χ0) is 30.3. The van der Waals surface area contributed by atoms with Crippen LogP contribution in [0.15, 0.2) is 11.6 Å². The molecule has 2 saturated heterocycles. The van der Waals surface area contributed by atoms with Crippen molar-refractivity contribution in [3.05, 3.63) is 11.6 Å². The van der Waals surface area contributed by atoms with E-state index in [1.807, 2.05) is 26.8 Å². The summed E-state index contributed by atoms with van der Waals surface area (Å²) in [6, 6.07) is 0. The molecule has 2 aliphatic carbocycles. The van der Waals surface area contributed by atoms with Crippen molar-refractivity contribution in [2.45, 2.75) is 150 Å². The Balaban J connectivity index is 1.73. The predicted molar refractivity (Wildman–Crippen MR) is 157 cm³/mol. The third-order valence-electron chi connectivity index (χ3n) is 11.6. The van der Waals surface area contributed by atoms with Crippen LogP contribution in [0.3, 0.4) is 0 Å². The van der Waals surface area contributed by atoms with Gasteiger partial charge >= 0.3 is 17.9 Å². The second-order valence-electron chi connectivity index (χ2n) is 14.1. The van der Waals surface area contributed by atoms with Crippen molar-refractivity contribution >= 4 is 17.9 Å². The first kappa shape index (κ1) is 32.0. The van der Waals surface area contributed by atoms with Gasteiger partial charge in [-0.25, -0.2) is 4.79 Å². The summed E-state index contributed by atoms with van der Waals surface area (Å²) in [4.78, 5) is 38.9. The van der Waals surface area contributed by atoms with Gasteiger partial charge in [0.15, 0.2) is 17.3 Å². The molecule has 232 valence electrons. The van der Waals surface area contributed by atoms with Crippen molar-refractivity contribution in [1.82, 2.24) is 0 Å². The van der Waals surface area contributed by atoms with E-state index in [9.17, 15) is 14.4 Å². The molecule has 0 unspecified atom stereocenters. The maximum atomic E-state index is 13.1. The van der Waals surface area contributed by atoms with Crippen molar-refractivity contribution in [3.8, 4) is 0 Å². The number of hydrogen-bond acceptors (Lipinski definition) is 7. The molecule has 3 fully saturated rings. The van der Waals surface area contributed by atoms with Crippen LogP contribution in [0.5, 0.6) is 0 Å². The van der Waals surface area contributed by atoms with Crippen LogP contribution in [0, 0.1) is 35.0 Å². The molecule has 0 bridgehead atoms. The van der Waals surface area contributed by atoms with Crippen LogP contribution < -0.4 is 0 Å². The molecule has 0 radical (unpaired) electrons. The number of epoxide rings is 1. The van der Waals surface area contributed by atoms with Gasteiger partial charge in [-0.2, -0.15) is 0 Å². The van der Waals surface area contributed by atoms with Crippen molar-refractivity contribution < 1.29 is 33.3 Å². The first-order valence-electron chi connectivity index (χ1n) is 16.2. The minimum absolute atomic E-state index is 0.0175. The molecule has 4 rings (SSSR count). The van der Waals surface area contributed by atoms with Crippen molar-refractivity contribution in [1.29, 1.82) is 0 Å².